The van der Waals surface area contributed by atoms with Crippen molar-refractivity contribution in [3.63, 3.8) is 0 Å². The summed E-state index contributed by atoms with van der Waals surface area (Å²) >= 11 is 1.55. The molecule has 2 aromatic rings. The van der Waals surface area contributed by atoms with Crippen LogP contribution in [0.5, 0.6) is 5.75 Å². The molecule has 3 aliphatic heterocycles. The monoisotopic (exact) mass is 535 g/mol. The molecule has 0 radical (unpaired) electrons. The van der Waals surface area contributed by atoms with E-state index in [1.54, 1.807) is 40.5 Å². The van der Waals surface area contributed by atoms with Gasteiger partial charge in [0, 0.05) is 16.6 Å². The summed E-state index contributed by atoms with van der Waals surface area (Å²) in [5, 5.41) is 8.14. The Bertz CT molecular complexity index is 1220. The van der Waals surface area contributed by atoms with E-state index in [1.807, 2.05) is 36.6 Å². The quantitative estimate of drug-likeness (QED) is 0.500. The average molecular weight is 536 g/mol. The number of carbonyl (C=O) groups is 3. The molecule has 0 unspecified atom stereocenters. The Morgan fingerprint density at radius 2 is 1.92 bits per heavy atom. The number of ether oxygens (including phenoxy) is 2. The van der Waals surface area contributed by atoms with E-state index in [-0.39, 0.29) is 23.8 Å². The largest absolute Gasteiger partial charge is 0.494 e. The Kier molecular flexibility index (Phi) is 6.74. The van der Waals surface area contributed by atoms with E-state index >= 15 is 0 Å². The first-order valence-electron chi connectivity index (χ1n) is 13.5. The minimum absolute atomic E-state index is 0.103. The van der Waals surface area contributed by atoms with Crippen molar-refractivity contribution in [3.05, 3.63) is 58.8 Å². The van der Waals surface area contributed by atoms with E-state index in [9.17, 15) is 14.4 Å². The van der Waals surface area contributed by atoms with Crippen LogP contribution in [0, 0.1) is 11.8 Å². The SMILES string of the molecule is CCOc1ccc(NC(=O)[C@H]2[C@@H]3C=C[C@]4(O3)[C@@H]2C(=O)N(Cc2cccs2)[C@H]4C(=O)NC2CCCCC2)cc1. The molecule has 1 aliphatic carbocycles. The molecule has 38 heavy (non-hydrogen) atoms. The van der Waals surface area contributed by atoms with Gasteiger partial charge in [-0.25, -0.2) is 0 Å². The highest BCUT2D eigenvalue weighted by molar-refractivity contribution is 7.09. The Hall–Kier alpha value is -3.17. The van der Waals surface area contributed by atoms with Gasteiger partial charge in [-0.1, -0.05) is 37.5 Å². The fourth-order valence-corrected chi connectivity index (χ4v) is 7.26. The Labute approximate surface area is 226 Å². The molecular weight excluding hydrogens is 502 g/mol. The fraction of sp³-hybridized carbons (Fsp3) is 0.483. The molecule has 9 heteroatoms. The summed E-state index contributed by atoms with van der Waals surface area (Å²) in [7, 11) is 0. The van der Waals surface area contributed by atoms with E-state index < -0.39 is 29.6 Å². The molecule has 3 fully saturated rings. The molecule has 1 aromatic heterocycles. The normalized spacial score (nSPS) is 29.9. The van der Waals surface area contributed by atoms with Gasteiger partial charge in [0.25, 0.3) is 0 Å². The average Bonchev–Trinajstić information content (AvgIpc) is 3.69. The summed E-state index contributed by atoms with van der Waals surface area (Å²) in [6, 6.07) is 10.3. The van der Waals surface area contributed by atoms with E-state index in [2.05, 4.69) is 10.6 Å². The van der Waals surface area contributed by atoms with Gasteiger partial charge in [0.2, 0.25) is 17.7 Å². The van der Waals surface area contributed by atoms with Gasteiger partial charge < -0.3 is 25.0 Å². The first-order chi connectivity index (χ1) is 18.5. The van der Waals surface area contributed by atoms with Crippen LogP contribution in [-0.2, 0) is 25.7 Å². The van der Waals surface area contributed by atoms with Crippen LogP contribution in [0.3, 0.4) is 0 Å². The van der Waals surface area contributed by atoms with E-state index in [1.165, 1.54) is 6.42 Å². The van der Waals surface area contributed by atoms with E-state index in [4.69, 9.17) is 9.47 Å². The van der Waals surface area contributed by atoms with Gasteiger partial charge in [-0.15, -0.1) is 11.3 Å². The van der Waals surface area contributed by atoms with Crippen LogP contribution in [0.4, 0.5) is 5.69 Å². The van der Waals surface area contributed by atoms with Gasteiger partial charge in [0.15, 0.2) is 0 Å². The summed E-state index contributed by atoms with van der Waals surface area (Å²) in [6.07, 6.45) is 8.41. The highest BCUT2D eigenvalue weighted by atomic mass is 32.1. The molecular formula is C29H33N3O5S. The number of benzene rings is 1. The lowest BCUT2D eigenvalue weighted by Gasteiger charge is -2.34. The van der Waals surface area contributed by atoms with Crippen molar-refractivity contribution in [1.29, 1.82) is 0 Å². The van der Waals surface area contributed by atoms with Crippen molar-refractivity contribution >= 4 is 34.7 Å². The smallest absolute Gasteiger partial charge is 0.246 e. The number of fused-ring (bicyclic) bond motifs is 1. The van der Waals surface area contributed by atoms with Crippen LogP contribution >= 0.6 is 11.3 Å². The lowest BCUT2D eigenvalue weighted by Crippen LogP contribution is -2.56. The van der Waals surface area contributed by atoms with Crippen molar-refractivity contribution < 1.29 is 23.9 Å². The number of rotatable bonds is 8. The van der Waals surface area contributed by atoms with E-state index in [0.29, 0.717) is 18.8 Å². The molecule has 2 saturated heterocycles. The van der Waals surface area contributed by atoms with Gasteiger partial charge in [-0.3, -0.25) is 14.4 Å². The third-order valence-electron chi connectivity index (χ3n) is 8.22. The number of hydrogen-bond donors (Lipinski definition) is 2. The number of nitrogens with zero attached hydrogens (tertiary/aromatic N) is 1. The third-order valence-corrected chi connectivity index (χ3v) is 9.08. The Balaban J connectivity index is 1.28. The van der Waals surface area contributed by atoms with Gasteiger partial charge >= 0.3 is 0 Å². The predicted octanol–water partition coefficient (Wildman–Crippen LogP) is 3.89. The molecule has 1 saturated carbocycles. The fourth-order valence-electron chi connectivity index (χ4n) is 6.56. The first-order valence-corrected chi connectivity index (χ1v) is 14.4. The molecule has 3 amide bonds. The maximum atomic E-state index is 14.0. The van der Waals surface area contributed by atoms with Gasteiger partial charge in [0.05, 0.1) is 31.1 Å². The summed E-state index contributed by atoms with van der Waals surface area (Å²) in [5.74, 6) is -1.45. The summed E-state index contributed by atoms with van der Waals surface area (Å²) < 4.78 is 11.9. The van der Waals surface area contributed by atoms with Crippen molar-refractivity contribution in [2.24, 2.45) is 11.8 Å². The van der Waals surface area contributed by atoms with Crippen molar-refractivity contribution in [1.82, 2.24) is 10.2 Å². The minimum atomic E-state index is -1.15. The molecule has 1 spiro atoms. The van der Waals surface area contributed by atoms with Crippen LogP contribution in [0.1, 0.15) is 43.9 Å². The molecule has 2 bridgehead atoms. The van der Waals surface area contributed by atoms with E-state index in [0.717, 1.165) is 36.3 Å². The minimum Gasteiger partial charge on any atom is -0.494 e. The molecule has 2 N–H and O–H groups in total. The zero-order chi connectivity index (χ0) is 26.3. The number of thiophene rings is 1. The summed E-state index contributed by atoms with van der Waals surface area (Å²) in [6.45, 7) is 2.78. The number of carbonyl (C=O) groups excluding carboxylic acids is 3. The molecule has 6 rings (SSSR count). The molecule has 4 aliphatic rings. The number of likely N-dealkylation sites (tertiary alicyclic amines) is 1. The summed E-state index contributed by atoms with van der Waals surface area (Å²) in [5.41, 5.74) is -0.537. The summed E-state index contributed by atoms with van der Waals surface area (Å²) in [4.78, 5) is 44.1. The zero-order valence-corrected chi connectivity index (χ0v) is 22.2. The molecule has 200 valence electrons. The number of amides is 3. The van der Waals surface area contributed by atoms with Crippen LogP contribution in [0.15, 0.2) is 53.9 Å². The molecule has 8 nitrogen and oxygen atoms in total. The van der Waals surface area contributed by atoms with Crippen LogP contribution in [0.2, 0.25) is 0 Å². The highest BCUT2D eigenvalue weighted by Crippen LogP contribution is 2.55. The Morgan fingerprint density at radius 3 is 2.63 bits per heavy atom. The second-order valence-electron chi connectivity index (χ2n) is 10.5. The van der Waals surface area contributed by atoms with Crippen molar-refractivity contribution in [2.75, 3.05) is 11.9 Å². The molecule has 5 atom stereocenters. The van der Waals surface area contributed by atoms with Gasteiger partial charge in [0.1, 0.15) is 17.4 Å². The van der Waals surface area contributed by atoms with Crippen LogP contribution in [0.25, 0.3) is 0 Å². The second-order valence-corrected chi connectivity index (χ2v) is 11.6. The van der Waals surface area contributed by atoms with Crippen LogP contribution < -0.4 is 15.4 Å². The maximum Gasteiger partial charge on any atom is 0.246 e. The molecule has 1 aromatic carbocycles. The van der Waals surface area contributed by atoms with Crippen molar-refractivity contribution in [3.8, 4) is 5.75 Å². The highest BCUT2D eigenvalue weighted by Gasteiger charge is 2.72. The topological polar surface area (TPSA) is 97.0 Å². The third kappa shape index (κ3) is 4.31. The van der Waals surface area contributed by atoms with Gasteiger partial charge in [-0.2, -0.15) is 0 Å². The predicted molar refractivity (Wildman–Crippen MR) is 144 cm³/mol. The standard InChI is InChI=1S/C29H33N3O5S/c1-2-36-20-12-10-19(11-13-20)30-26(33)23-22-14-15-29(37-22)24(23)28(35)32(17-21-9-6-16-38-21)25(29)27(34)31-18-7-4-3-5-8-18/h6,9-16,18,22-25H,2-5,7-8,17H2,1H3,(H,30,33)(H,31,34)/t22-,23-,24-,25-,29-/m0/s1. The molecule has 4 heterocycles. The first kappa shape index (κ1) is 25.1. The number of anilines is 1. The zero-order valence-electron chi connectivity index (χ0n) is 21.4. The number of hydrogen-bond acceptors (Lipinski definition) is 6. The van der Waals surface area contributed by atoms with Gasteiger partial charge in [-0.05, 0) is 55.5 Å². The number of nitrogens with one attached hydrogen (secondary N) is 2. The lowest BCUT2D eigenvalue weighted by atomic mass is 9.74. The maximum absolute atomic E-state index is 14.0. The lowest BCUT2D eigenvalue weighted by molar-refractivity contribution is -0.142. The van der Waals surface area contributed by atoms with Crippen LogP contribution in [-0.4, -0.2) is 53.0 Å². The Morgan fingerprint density at radius 1 is 1.13 bits per heavy atom. The second kappa shape index (κ2) is 10.2. The van der Waals surface area contributed by atoms with Crippen molar-refractivity contribution in [2.45, 2.75) is 69.4 Å².